The van der Waals surface area contributed by atoms with Gasteiger partial charge in [-0.25, -0.2) is 9.18 Å². The predicted octanol–water partition coefficient (Wildman–Crippen LogP) is 4.19. The molecule has 4 nitrogen and oxygen atoms in total. The molecule has 0 saturated carbocycles. The molecular formula is C18H27FN2O2. The Hall–Kier alpha value is -1.78. The van der Waals surface area contributed by atoms with Crippen LogP contribution < -0.4 is 5.32 Å². The van der Waals surface area contributed by atoms with Gasteiger partial charge in [-0.3, -0.25) is 0 Å². The summed E-state index contributed by atoms with van der Waals surface area (Å²) in [5.74, 6) is 0.0617. The molecule has 1 aliphatic rings. The monoisotopic (exact) mass is 322 g/mol. The Morgan fingerprint density at radius 2 is 2.17 bits per heavy atom. The van der Waals surface area contributed by atoms with Crippen molar-refractivity contribution in [3.63, 3.8) is 0 Å². The van der Waals surface area contributed by atoms with Crippen molar-refractivity contribution >= 4 is 11.8 Å². The number of halogens is 1. The highest BCUT2D eigenvalue weighted by atomic mass is 19.1. The van der Waals surface area contributed by atoms with E-state index in [0.29, 0.717) is 24.7 Å². The zero-order valence-electron chi connectivity index (χ0n) is 14.5. The molecule has 1 amide bonds. The minimum atomic E-state index is -0.479. The van der Waals surface area contributed by atoms with Crippen LogP contribution in [0.4, 0.5) is 14.9 Å². The van der Waals surface area contributed by atoms with Crippen molar-refractivity contribution in [2.45, 2.75) is 46.1 Å². The van der Waals surface area contributed by atoms with Gasteiger partial charge in [0.25, 0.3) is 0 Å². The largest absolute Gasteiger partial charge is 0.444 e. The molecule has 1 aromatic carbocycles. The molecule has 1 aliphatic heterocycles. The van der Waals surface area contributed by atoms with Gasteiger partial charge in [0.05, 0.1) is 5.69 Å². The Morgan fingerprint density at radius 3 is 2.87 bits per heavy atom. The van der Waals surface area contributed by atoms with Gasteiger partial charge in [-0.1, -0.05) is 6.07 Å². The maximum Gasteiger partial charge on any atom is 0.410 e. The van der Waals surface area contributed by atoms with Crippen LogP contribution in [0.2, 0.25) is 0 Å². The highest BCUT2D eigenvalue weighted by molar-refractivity contribution is 5.68. The number of piperidine rings is 1. The van der Waals surface area contributed by atoms with Crippen LogP contribution in [0.15, 0.2) is 18.2 Å². The van der Waals surface area contributed by atoms with Gasteiger partial charge < -0.3 is 15.0 Å². The molecule has 1 saturated heterocycles. The van der Waals surface area contributed by atoms with E-state index in [1.807, 2.05) is 33.8 Å². The zero-order chi connectivity index (χ0) is 17.0. The number of carbonyl (C=O) groups excluding carboxylic acids is 1. The first-order valence-electron chi connectivity index (χ1n) is 8.22. The van der Waals surface area contributed by atoms with Crippen LogP contribution in [0.25, 0.3) is 0 Å². The number of hydrogen-bond donors (Lipinski definition) is 1. The normalized spacial score (nSPS) is 18.7. The summed E-state index contributed by atoms with van der Waals surface area (Å²) in [6.45, 7) is 9.58. The van der Waals surface area contributed by atoms with Gasteiger partial charge in [0.15, 0.2) is 0 Å². The molecule has 1 aromatic rings. The Bertz CT molecular complexity index is 554. The number of nitrogens with zero attached hydrogens (tertiary/aromatic N) is 1. The minimum absolute atomic E-state index is 0.240. The number of ether oxygens (including phenoxy) is 1. The Morgan fingerprint density at radius 1 is 1.43 bits per heavy atom. The molecule has 1 unspecified atom stereocenters. The first kappa shape index (κ1) is 17.6. The number of anilines is 1. The molecule has 0 radical (unpaired) electrons. The zero-order valence-corrected chi connectivity index (χ0v) is 14.5. The fourth-order valence-electron chi connectivity index (χ4n) is 2.75. The van der Waals surface area contributed by atoms with E-state index in [1.54, 1.807) is 11.0 Å². The molecule has 1 atom stereocenters. The van der Waals surface area contributed by atoms with E-state index in [2.05, 4.69) is 5.32 Å². The summed E-state index contributed by atoms with van der Waals surface area (Å²) >= 11 is 0. The number of hydrogen-bond acceptors (Lipinski definition) is 3. The van der Waals surface area contributed by atoms with E-state index < -0.39 is 5.60 Å². The first-order valence-corrected chi connectivity index (χ1v) is 8.22. The lowest BCUT2D eigenvalue weighted by atomic mass is 9.98. The van der Waals surface area contributed by atoms with E-state index in [0.717, 1.165) is 24.9 Å². The fourth-order valence-corrected chi connectivity index (χ4v) is 2.75. The molecule has 5 heteroatoms. The summed E-state index contributed by atoms with van der Waals surface area (Å²) in [6, 6.07) is 5.04. The molecule has 0 aliphatic carbocycles. The second-order valence-electron chi connectivity index (χ2n) is 7.30. The first-order chi connectivity index (χ1) is 10.7. The number of amides is 1. The average Bonchev–Trinajstić information content (AvgIpc) is 2.47. The number of carbonyl (C=O) groups is 1. The van der Waals surface area contributed by atoms with Crippen molar-refractivity contribution < 1.29 is 13.9 Å². The smallest absolute Gasteiger partial charge is 0.410 e. The molecule has 0 bridgehead atoms. The number of rotatable bonds is 3. The predicted molar refractivity (Wildman–Crippen MR) is 90.2 cm³/mol. The second-order valence-corrected chi connectivity index (χ2v) is 7.30. The summed E-state index contributed by atoms with van der Waals surface area (Å²) in [4.78, 5) is 13.9. The Kier molecular flexibility index (Phi) is 5.50. The quantitative estimate of drug-likeness (QED) is 0.907. The highest BCUT2D eigenvalue weighted by Gasteiger charge is 2.27. The minimum Gasteiger partial charge on any atom is -0.444 e. The van der Waals surface area contributed by atoms with E-state index in [4.69, 9.17) is 4.74 Å². The van der Waals surface area contributed by atoms with Gasteiger partial charge in [0.1, 0.15) is 11.4 Å². The Labute approximate surface area is 138 Å². The van der Waals surface area contributed by atoms with Gasteiger partial charge in [-0.05, 0) is 64.2 Å². The summed E-state index contributed by atoms with van der Waals surface area (Å²) < 4.78 is 19.2. The molecule has 0 aromatic heterocycles. The lowest BCUT2D eigenvalue weighted by Gasteiger charge is -2.34. The van der Waals surface area contributed by atoms with E-state index in [-0.39, 0.29) is 11.9 Å². The van der Waals surface area contributed by atoms with Crippen LogP contribution in [0.5, 0.6) is 0 Å². The van der Waals surface area contributed by atoms with E-state index in [1.165, 1.54) is 6.07 Å². The molecule has 23 heavy (non-hydrogen) atoms. The second kappa shape index (κ2) is 7.20. The number of likely N-dealkylation sites (tertiary alicyclic amines) is 1. The number of aryl methyl sites for hydroxylation is 1. The van der Waals surface area contributed by atoms with Crippen molar-refractivity contribution in [1.82, 2.24) is 4.90 Å². The van der Waals surface area contributed by atoms with Gasteiger partial charge in [-0.2, -0.15) is 0 Å². The van der Waals surface area contributed by atoms with Crippen LogP contribution in [0.3, 0.4) is 0 Å². The number of nitrogens with one attached hydrogen (secondary N) is 1. The lowest BCUT2D eigenvalue weighted by Crippen LogP contribution is -2.44. The van der Waals surface area contributed by atoms with E-state index >= 15 is 0 Å². The average molecular weight is 322 g/mol. The van der Waals surface area contributed by atoms with Gasteiger partial charge in [-0.15, -0.1) is 0 Å². The third kappa shape index (κ3) is 5.41. The van der Waals surface area contributed by atoms with Crippen molar-refractivity contribution in [2.24, 2.45) is 5.92 Å². The summed E-state index contributed by atoms with van der Waals surface area (Å²) in [5.41, 5.74) is 1.07. The van der Waals surface area contributed by atoms with Crippen molar-refractivity contribution in [3.8, 4) is 0 Å². The third-order valence-corrected chi connectivity index (χ3v) is 3.87. The van der Waals surface area contributed by atoms with Crippen LogP contribution in [0.1, 0.15) is 39.2 Å². The SMILES string of the molecule is Cc1ccc(F)c(NCC2CCCN(C(=O)OC(C)(C)C)C2)c1. The molecule has 1 fully saturated rings. The topological polar surface area (TPSA) is 41.6 Å². The molecular weight excluding hydrogens is 295 g/mol. The van der Waals surface area contributed by atoms with Crippen molar-refractivity contribution in [2.75, 3.05) is 25.0 Å². The van der Waals surface area contributed by atoms with Crippen LogP contribution in [-0.2, 0) is 4.74 Å². The molecule has 1 N–H and O–H groups in total. The van der Waals surface area contributed by atoms with E-state index in [9.17, 15) is 9.18 Å². The van der Waals surface area contributed by atoms with Gasteiger partial charge >= 0.3 is 6.09 Å². The maximum atomic E-state index is 13.8. The standard InChI is InChI=1S/C18H27FN2O2/c1-13-7-8-15(19)16(10-13)20-11-14-6-5-9-21(12-14)17(22)23-18(2,3)4/h7-8,10,14,20H,5-6,9,11-12H2,1-4H3. The summed E-state index contributed by atoms with van der Waals surface area (Å²) in [6.07, 6.45) is 1.71. The molecule has 128 valence electrons. The highest BCUT2D eigenvalue weighted by Crippen LogP contribution is 2.21. The van der Waals surface area contributed by atoms with Crippen molar-refractivity contribution in [3.05, 3.63) is 29.6 Å². The molecule has 2 rings (SSSR count). The lowest BCUT2D eigenvalue weighted by molar-refractivity contribution is 0.0172. The van der Waals surface area contributed by atoms with Crippen LogP contribution >= 0.6 is 0 Å². The molecule has 1 heterocycles. The van der Waals surface area contributed by atoms with Gasteiger partial charge in [0, 0.05) is 19.6 Å². The molecule has 0 spiro atoms. The third-order valence-electron chi connectivity index (χ3n) is 3.87. The Balaban J connectivity index is 1.89. The van der Waals surface area contributed by atoms with Crippen LogP contribution in [-0.4, -0.2) is 36.2 Å². The summed E-state index contributed by atoms with van der Waals surface area (Å²) in [7, 11) is 0. The summed E-state index contributed by atoms with van der Waals surface area (Å²) in [5, 5.41) is 3.18. The van der Waals surface area contributed by atoms with Crippen molar-refractivity contribution in [1.29, 1.82) is 0 Å². The number of benzene rings is 1. The fraction of sp³-hybridized carbons (Fsp3) is 0.611. The van der Waals surface area contributed by atoms with Gasteiger partial charge in [0.2, 0.25) is 0 Å². The van der Waals surface area contributed by atoms with Crippen LogP contribution in [0, 0.1) is 18.7 Å². The maximum absolute atomic E-state index is 13.8.